The van der Waals surface area contributed by atoms with Gasteiger partial charge in [-0.2, -0.15) is 5.10 Å². The predicted molar refractivity (Wildman–Crippen MR) is 108 cm³/mol. The van der Waals surface area contributed by atoms with Crippen LogP contribution >= 0.6 is 24.8 Å². The molecule has 0 aromatic carbocycles. The monoisotopic (exact) mass is 419 g/mol. The first-order valence-corrected chi connectivity index (χ1v) is 8.74. The summed E-state index contributed by atoms with van der Waals surface area (Å²) in [4.78, 5) is 30.4. The number of likely N-dealkylation sites (N-methyl/N-ethyl adjacent to an activating group) is 1. The van der Waals surface area contributed by atoms with Crippen molar-refractivity contribution in [2.75, 3.05) is 52.9 Å². The number of unbranched alkanes of at least 4 members (excludes halogenated alkanes) is 1. The van der Waals surface area contributed by atoms with E-state index >= 15 is 0 Å². The van der Waals surface area contributed by atoms with Crippen LogP contribution in [0.1, 0.15) is 18.6 Å². The maximum absolute atomic E-state index is 12.3. The van der Waals surface area contributed by atoms with Crippen LogP contribution in [0, 0.1) is 0 Å². The van der Waals surface area contributed by atoms with Crippen LogP contribution in [-0.4, -0.2) is 90.7 Å². The van der Waals surface area contributed by atoms with E-state index in [0.29, 0.717) is 12.3 Å². The van der Waals surface area contributed by atoms with Crippen molar-refractivity contribution in [2.45, 2.75) is 12.8 Å². The molecule has 0 aliphatic carbocycles. The first-order chi connectivity index (χ1) is 12.1. The van der Waals surface area contributed by atoms with E-state index in [0.717, 1.165) is 45.6 Å². The second kappa shape index (κ2) is 11.3. The molecule has 2 saturated heterocycles. The number of carbonyl (C=O) groups excluding carboxylic acids is 2. The molecular weight excluding hydrogens is 393 g/mol. The van der Waals surface area contributed by atoms with Crippen molar-refractivity contribution in [2.24, 2.45) is 5.10 Å². The molecule has 152 valence electrons. The average molecular weight is 420 g/mol. The Kier molecular flexibility index (Phi) is 9.79. The van der Waals surface area contributed by atoms with Gasteiger partial charge in [-0.3, -0.25) is 9.69 Å². The van der Waals surface area contributed by atoms with Crippen molar-refractivity contribution in [3.05, 3.63) is 24.2 Å². The van der Waals surface area contributed by atoms with Crippen molar-refractivity contribution < 1.29 is 14.0 Å². The Morgan fingerprint density at radius 3 is 2.48 bits per heavy atom. The lowest BCUT2D eigenvalue weighted by Crippen LogP contribution is -2.44. The molecule has 0 bridgehead atoms. The number of halogens is 2. The van der Waals surface area contributed by atoms with Crippen LogP contribution in [0.25, 0.3) is 0 Å². The number of hydrogen-bond donors (Lipinski definition) is 0. The van der Waals surface area contributed by atoms with Gasteiger partial charge in [0.25, 0.3) is 5.91 Å². The van der Waals surface area contributed by atoms with Gasteiger partial charge in [0, 0.05) is 32.7 Å². The maximum atomic E-state index is 12.3. The Balaban J connectivity index is 0.00000182. The number of urea groups is 1. The zero-order valence-corrected chi connectivity index (χ0v) is 17.1. The van der Waals surface area contributed by atoms with Crippen molar-refractivity contribution in [1.82, 2.24) is 19.7 Å². The van der Waals surface area contributed by atoms with E-state index in [1.54, 1.807) is 12.1 Å². The molecule has 3 rings (SSSR count). The van der Waals surface area contributed by atoms with E-state index in [9.17, 15) is 9.59 Å². The highest BCUT2D eigenvalue weighted by Crippen LogP contribution is 2.12. The van der Waals surface area contributed by atoms with E-state index < -0.39 is 0 Å². The molecule has 0 radical (unpaired) electrons. The van der Waals surface area contributed by atoms with Crippen LogP contribution < -0.4 is 0 Å². The molecule has 10 heteroatoms. The largest absolute Gasteiger partial charge is 0.463 e. The Bertz CT molecular complexity index is 618. The molecule has 2 fully saturated rings. The predicted octanol–water partition coefficient (Wildman–Crippen LogP) is 1.75. The number of imide groups is 1. The third-order valence-electron chi connectivity index (χ3n) is 4.61. The smallest absolute Gasteiger partial charge is 0.347 e. The number of furan rings is 1. The summed E-state index contributed by atoms with van der Waals surface area (Å²) >= 11 is 0. The first kappa shape index (κ1) is 23.4. The van der Waals surface area contributed by atoms with Gasteiger partial charge in [0.05, 0.1) is 12.5 Å². The van der Waals surface area contributed by atoms with Crippen LogP contribution in [0.15, 0.2) is 27.9 Å². The molecule has 1 aromatic heterocycles. The van der Waals surface area contributed by atoms with Gasteiger partial charge >= 0.3 is 6.03 Å². The summed E-state index contributed by atoms with van der Waals surface area (Å²) in [7, 11) is 2.14. The molecular formula is C17H27Cl2N5O3. The lowest BCUT2D eigenvalue weighted by Gasteiger charge is -2.32. The lowest BCUT2D eigenvalue weighted by atomic mass is 10.2. The highest BCUT2D eigenvalue weighted by molar-refractivity contribution is 6.02. The standard InChI is InChI=1S/C17H25N5O3.2ClH/c1-19-8-10-20(11-9-19)6-2-3-7-21-16(23)14-22(17(21)24)18-13-15-5-4-12-25-15;;/h4-5,12-13H,2-3,6-11,14H2,1H3;2*1H. The SMILES string of the molecule is CN1CCN(CCCCN2C(=O)CN(N=Cc3ccco3)C2=O)CC1.Cl.Cl. The van der Waals surface area contributed by atoms with Crippen molar-refractivity contribution in [3.63, 3.8) is 0 Å². The summed E-state index contributed by atoms with van der Waals surface area (Å²) in [5, 5.41) is 5.23. The minimum Gasteiger partial charge on any atom is -0.463 e. The van der Waals surface area contributed by atoms with Crippen molar-refractivity contribution in [1.29, 1.82) is 0 Å². The Morgan fingerprint density at radius 1 is 1.11 bits per heavy atom. The Hall–Kier alpha value is -1.61. The number of piperazine rings is 1. The highest BCUT2D eigenvalue weighted by Gasteiger charge is 2.35. The summed E-state index contributed by atoms with van der Waals surface area (Å²) in [6, 6.07) is 3.12. The molecule has 0 unspecified atom stereocenters. The minimum atomic E-state index is -0.354. The fourth-order valence-electron chi connectivity index (χ4n) is 3.01. The molecule has 0 atom stereocenters. The molecule has 3 heterocycles. The van der Waals surface area contributed by atoms with Gasteiger partial charge < -0.3 is 14.2 Å². The van der Waals surface area contributed by atoms with Gasteiger partial charge in [0.2, 0.25) is 0 Å². The first-order valence-electron chi connectivity index (χ1n) is 8.74. The molecule has 0 N–H and O–H groups in total. The average Bonchev–Trinajstić information content (AvgIpc) is 3.21. The second-order valence-corrected chi connectivity index (χ2v) is 6.50. The van der Waals surface area contributed by atoms with Gasteiger partial charge in [0.15, 0.2) is 0 Å². The fraction of sp³-hybridized carbons (Fsp3) is 0.588. The van der Waals surface area contributed by atoms with Gasteiger partial charge in [-0.05, 0) is 38.6 Å². The number of hydrazone groups is 1. The van der Waals surface area contributed by atoms with Crippen molar-refractivity contribution >= 4 is 43.0 Å². The summed E-state index contributed by atoms with van der Waals surface area (Å²) in [6.07, 6.45) is 4.78. The van der Waals surface area contributed by atoms with Gasteiger partial charge in [-0.1, -0.05) is 0 Å². The molecule has 1 aromatic rings. The molecule has 0 saturated carbocycles. The Labute approximate surface area is 171 Å². The summed E-state index contributed by atoms with van der Waals surface area (Å²) in [5.41, 5.74) is 0. The summed E-state index contributed by atoms with van der Waals surface area (Å²) in [6.45, 7) is 5.86. The number of amides is 3. The second-order valence-electron chi connectivity index (χ2n) is 6.50. The van der Waals surface area contributed by atoms with Crippen LogP contribution in [-0.2, 0) is 4.79 Å². The van der Waals surface area contributed by atoms with Crippen LogP contribution in [0.5, 0.6) is 0 Å². The van der Waals surface area contributed by atoms with Crippen LogP contribution in [0.4, 0.5) is 4.79 Å². The highest BCUT2D eigenvalue weighted by atomic mass is 35.5. The summed E-state index contributed by atoms with van der Waals surface area (Å²) < 4.78 is 5.13. The van der Waals surface area contributed by atoms with Crippen LogP contribution in [0.3, 0.4) is 0 Å². The zero-order chi connectivity index (χ0) is 17.6. The molecule has 2 aliphatic heterocycles. The van der Waals surface area contributed by atoms with E-state index in [-0.39, 0.29) is 43.3 Å². The summed E-state index contributed by atoms with van der Waals surface area (Å²) in [5.74, 6) is 0.354. The molecule has 3 amide bonds. The number of nitrogens with zero attached hydrogens (tertiary/aromatic N) is 5. The molecule has 0 spiro atoms. The maximum Gasteiger partial charge on any atom is 0.347 e. The fourth-order valence-corrected chi connectivity index (χ4v) is 3.01. The van der Waals surface area contributed by atoms with Gasteiger partial charge in [0.1, 0.15) is 12.3 Å². The number of rotatable bonds is 7. The molecule has 2 aliphatic rings. The van der Waals surface area contributed by atoms with E-state index in [1.807, 2.05) is 0 Å². The quantitative estimate of drug-likeness (QED) is 0.382. The van der Waals surface area contributed by atoms with E-state index in [2.05, 4.69) is 21.9 Å². The molecule has 27 heavy (non-hydrogen) atoms. The molecule has 8 nitrogen and oxygen atoms in total. The minimum absolute atomic E-state index is 0. The van der Waals surface area contributed by atoms with Gasteiger partial charge in [-0.15, -0.1) is 24.8 Å². The normalized spacial score (nSPS) is 18.9. The van der Waals surface area contributed by atoms with Crippen molar-refractivity contribution in [3.8, 4) is 0 Å². The van der Waals surface area contributed by atoms with E-state index in [1.165, 1.54) is 22.4 Å². The third kappa shape index (κ3) is 6.49. The Morgan fingerprint density at radius 2 is 1.81 bits per heavy atom. The third-order valence-corrected chi connectivity index (χ3v) is 4.61. The van der Waals surface area contributed by atoms with Crippen LogP contribution in [0.2, 0.25) is 0 Å². The topological polar surface area (TPSA) is 72.6 Å². The zero-order valence-electron chi connectivity index (χ0n) is 15.5. The van der Waals surface area contributed by atoms with E-state index in [4.69, 9.17) is 4.42 Å². The van der Waals surface area contributed by atoms with Gasteiger partial charge in [-0.25, -0.2) is 9.80 Å². The number of hydrogen-bond acceptors (Lipinski definition) is 6. The number of carbonyl (C=O) groups is 2. The lowest BCUT2D eigenvalue weighted by molar-refractivity contribution is -0.125.